The molecule has 0 unspecified atom stereocenters. The summed E-state index contributed by atoms with van der Waals surface area (Å²) in [4.78, 5) is 21.0. The maximum atomic E-state index is 12.2. The first-order valence-electron chi connectivity index (χ1n) is 7.69. The highest BCUT2D eigenvalue weighted by atomic mass is 35.5. The Morgan fingerprint density at radius 3 is 2.32 bits per heavy atom. The highest BCUT2D eigenvalue weighted by Gasteiger charge is 2.17. The highest BCUT2D eigenvalue weighted by Crippen LogP contribution is 2.32. The molecule has 2 heterocycles. The molecule has 128 valence electrons. The van der Waals surface area contributed by atoms with Crippen molar-refractivity contribution in [1.29, 1.82) is 0 Å². The van der Waals surface area contributed by atoms with Crippen LogP contribution in [0, 0.1) is 0 Å². The number of hydrogen-bond acceptors (Lipinski definition) is 4. The predicted octanol–water partition coefficient (Wildman–Crippen LogP) is 4.44. The first-order chi connectivity index (χ1) is 11.9. The van der Waals surface area contributed by atoms with E-state index >= 15 is 0 Å². The molecule has 0 atom stereocenters. The summed E-state index contributed by atoms with van der Waals surface area (Å²) in [5.74, 6) is 0.146. The topological polar surface area (TPSA) is 73.8 Å². The number of halogens is 2. The van der Waals surface area contributed by atoms with Gasteiger partial charge in [0, 0.05) is 23.4 Å². The van der Waals surface area contributed by atoms with E-state index in [1.54, 1.807) is 16.8 Å². The fraction of sp³-hybridized carbons (Fsp3) is 0.167. The zero-order valence-corrected chi connectivity index (χ0v) is 15.2. The van der Waals surface area contributed by atoms with E-state index in [9.17, 15) is 4.79 Å². The second-order valence-corrected chi connectivity index (χ2v) is 6.61. The number of aromatic nitrogens is 3. The number of nitrogen functional groups attached to an aromatic ring is 1. The molecule has 25 heavy (non-hydrogen) atoms. The number of hydrogen-bond donors (Lipinski definition) is 1. The van der Waals surface area contributed by atoms with E-state index < -0.39 is 0 Å². The molecule has 3 aromatic rings. The Balaban J connectivity index is 2.31. The van der Waals surface area contributed by atoms with Crippen LogP contribution in [-0.4, -0.2) is 14.5 Å². The van der Waals surface area contributed by atoms with Crippen LogP contribution in [0.3, 0.4) is 0 Å². The maximum Gasteiger partial charge on any atom is 0.269 e. The summed E-state index contributed by atoms with van der Waals surface area (Å²) in [7, 11) is 0. The standard InChI is InChI=1S/C18H16Cl2N4O/c1-10(2)24-9-12(8-13(19)18(24)25)15-14(11-6-4-3-5-7-11)23-17(21)16(20)22-15/h3-10H,1-2H3,(H2,21,23). The molecular weight excluding hydrogens is 359 g/mol. The lowest BCUT2D eigenvalue weighted by atomic mass is 10.1. The largest absolute Gasteiger partial charge is 0.381 e. The molecule has 0 aliphatic heterocycles. The van der Waals surface area contributed by atoms with E-state index in [2.05, 4.69) is 9.97 Å². The van der Waals surface area contributed by atoms with E-state index in [-0.39, 0.29) is 27.6 Å². The number of rotatable bonds is 3. The number of pyridine rings is 1. The molecule has 1 aromatic carbocycles. The minimum Gasteiger partial charge on any atom is -0.381 e. The highest BCUT2D eigenvalue weighted by molar-refractivity contribution is 6.32. The van der Waals surface area contributed by atoms with E-state index in [4.69, 9.17) is 28.9 Å². The van der Waals surface area contributed by atoms with Gasteiger partial charge < -0.3 is 10.3 Å². The fourth-order valence-electron chi connectivity index (χ4n) is 2.51. The molecule has 0 radical (unpaired) electrons. The van der Waals surface area contributed by atoms with Crippen LogP contribution < -0.4 is 11.3 Å². The van der Waals surface area contributed by atoms with Gasteiger partial charge in [-0.15, -0.1) is 0 Å². The van der Waals surface area contributed by atoms with Crippen LogP contribution in [0.15, 0.2) is 47.4 Å². The number of benzene rings is 1. The van der Waals surface area contributed by atoms with Crippen molar-refractivity contribution in [2.45, 2.75) is 19.9 Å². The molecular formula is C18H16Cl2N4O. The smallest absolute Gasteiger partial charge is 0.269 e. The Hall–Kier alpha value is -2.37. The summed E-state index contributed by atoms with van der Waals surface area (Å²) < 4.78 is 1.55. The fourth-order valence-corrected chi connectivity index (χ4v) is 2.85. The molecule has 5 nitrogen and oxygen atoms in total. The summed E-state index contributed by atoms with van der Waals surface area (Å²) in [6, 6.07) is 11.0. The SMILES string of the molecule is CC(C)n1cc(-c2nc(Cl)c(N)nc2-c2ccccc2)cc(Cl)c1=O. The van der Waals surface area contributed by atoms with Gasteiger partial charge in [0.05, 0.1) is 5.69 Å². The van der Waals surface area contributed by atoms with E-state index in [0.29, 0.717) is 17.0 Å². The van der Waals surface area contributed by atoms with Crippen molar-refractivity contribution in [3.63, 3.8) is 0 Å². The average molecular weight is 375 g/mol. The molecule has 0 saturated carbocycles. The predicted molar refractivity (Wildman–Crippen MR) is 102 cm³/mol. The van der Waals surface area contributed by atoms with Gasteiger partial charge in [-0.25, -0.2) is 9.97 Å². The third-order valence-corrected chi connectivity index (χ3v) is 4.30. The Kier molecular flexibility index (Phi) is 4.79. The van der Waals surface area contributed by atoms with Gasteiger partial charge >= 0.3 is 0 Å². The van der Waals surface area contributed by atoms with E-state index in [1.807, 2.05) is 44.2 Å². The summed E-state index contributed by atoms with van der Waals surface area (Å²) in [6.45, 7) is 3.81. The molecule has 0 saturated heterocycles. The molecule has 3 rings (SSSR count). The molecule has 0 amide bonds. The van der Waals surface area contributed by atoms with Gasteiger partial charge in [0.1, 0.15) is 10.7 Å². The van der Waals surface area contributed by atoms with Crippen LogP contribution in [0.5, 0.6) is 0 Å². The van der Waals surface area contributed by atoms with Crippen LogP contribution in [0.4, 0.5) is 5.82 Å². The lowest BCUT2D eigenvalue weighted by molar-refractivity contribution is 0.579. The quantitative estimate of drug-likeness (QED) is 0.734. The summed E-state index contributed by atoms with van der Waals surface area (Å²) >= 11 is 12.2. The van der Waals surface area contributed by atoms with Gasteiger partial charge in [0.2, 0.25) is 0 Å². The van der Waals surface area contributed by atoms with Gasteiger partial charge in [-0.3, -0.25) is 4.79 Å². The van der Waals surface area contributed by atoms with Crippen LogP contribution in [0.2, 0.25) is 10.2 Å². The van der Waals surface area contributed by atoms with Gasteiger partial charge in [-0.2, -0.15) is 0 Å². The van der Waals surface area contributed by atoms with E-state index in [0.717, 1.165) is 5.56 Å². The first-order valence-corrected chi connectivity index (χ1v) is 8.44. The van der Waals surface area contributed by atoms with Crippen molar-refractivity contribution in [1.82, 2.24) is 14.5 Å². The van der Waals surface area contributed by atoms with Crippen molar-refractivity contribution in [2.75, 3.05) is 5.73 Å². The molecule has 2 aromatic heterocycles. The van der Waals surface area contributed by atoms with Gasteiger partial charge in [-0.05, 0) is 19.9 Å². The second kappa shape index (κ2) is 6.86. The zero-order chi connectivity index (χ0) is 18.1. The minimum atomic E-state index is -0.254. The molecule has 0 fully saturated rings. The van der Waals surface area contributed by atoms with Gasteiger partial charge in [0.25, 0.3) is 5.56 Å². The van der Waals surface area contributed by atoms with Gasteiger partial charge in [0.15, 0.2) is 11.0 Å². The van der Waals surface area contributed by atoms with Crippen LogP contribution in [0.1, 0.15) is 19.9 Å². The van der Waals surface area contributed by atoms with Crippen molar-refractivity contribution in [2.24, 2.45) is 0 Å². The number of nitrogens with two attached hydrogens (primary N) is 1. The average Bonchev–Trinajstić information content (AvgIpc) is 2.59. The van der Waals surface area contributed by atoms with Crippen LogP contribution in [-0.2, 0) is 0 Å². The zero-order valence-electron chi connectivity index (χ0n) is 13.7. The van der Waals surface area contributed by atoms with Crippen molar-refractivity contribution < 1.29 is 0 Å². The maximum absolute atomic E-state index is 12.2. The Morgan fingerprint density at radius 2 is 1.68 bits per heavy atom. The second-order valence-electron chi connectivity index (χ2n) is 5.85. The third-order valence-electron chi connectivity index (χ3n) is 3.75. The molecule has 0 aliphatic carbocycles. The Labute approximate surface area is 155 Å². The molecule has 2 N–H and O–H groups in total. The lowest BCUT2D eigenvalue weighted by Gasteiger charge is -2.15. The van der Waals surface area contributed by atoms with Crippen molar-refractivity contribution in [3.8, 4) is 22.5 Å². The lowest BCUT2D eigenvalue weighted by Crippen LogP contribution is -2.22. The molecule has 7 heteroatoms. The number of anilines is 1. The third kappa shape index (κ3) is 3.38. The van der Waals surface area contributed by atoms with Gasteiger partial charge in [-0.1, -0.05) is 53.5 Å². The van der Waals surface area contributed by atoms with Crippen molar-refractivity contribution >= 4 is 29.0 Å². The van der Waals surface area contributed by atoms with Crippen LogP contribution in [0.25, 0.3) is 22.5 Å². The Bertz CT molecular complexity index is 984. The number of nitrogens with zero attached hydrogens (tertiary/aromatic N) is 3. The molecule has 0 bridgehead atoms. The summed E-state index contributed by atoms with van der Waals surface area (Å²) in [6.07, 6.45) is 1.71. The van der Waals surface area contributed by atoms with Crippen molar-refractivity contribution in [3.05, 3.63) is 63.1 Å². The van der Waals surface area contributed by atoms with Crippen LogP contribution >= 0.6 is 23.2 Å². The first kappa shape index (κ1) is 17.5. The van der Waals surface area contributed by atoms with E-state index in [1.165, 1.54) is 0 Å². The summed E-state index contributed by atoms with van der Waals surface area (Å²) in [5.41, 5.74) is 8.17. The minimum absolute atomic E-state index is 0.0534. The monoisotopic (exact) mass is 374 g/mol. The normalized spacial score (nSPS) is 11.1. The molecule has 0 aliphatic rings. The Morgan fingerprint density at radius 1 is 1.04 bits per heavy atom. The molecule has 0 spiro atoms. The summed E-state index contributed by atoms with van der Waals surface area (Å²) in [5, 5.41) is 0.216.